The van der Waals surface area contributed by atoms with Gasteiger partial charge in [-0.05, 0) is 66.4 Å². The molecule has 2 amide bonds. The Morgan fingerprint density at radius 3 is 2.31 bits per heavy atom. The van der Waals surface area contributed by atoms with Crippen molar-refractivity contribution in [3.05, 3.63) is 41.0 Å². The SMILES string of the molecule is CC1(C)CC=C(c2cc(C3(C(N)=O)CCOCC3)ccc2C(N)=O)CC1. The van der Waals surface area contributed by atoms with Gasteiger partial charge >= 0.3 is 0 Å². The zero-order chi connectivity index (χ0) is 18.9. The maximum absolute atomic E-state index is 12.3. The van der Waals surface area contributed by atoms with Gasteiger partial charge in [0.05, 0.1) is 5.41 Å². The summed E-state index contributed by atoms with van der Waals surface area (Å²) < 4.78 is 5.43. The first-order chi connectivity index (χ1) is 12.3. The number of carbonyl (C=O) groups is 2. The van der Waals surface area contributed by atoms with Gasteiger partial charge in [-0.15, -0.1) is 0 Å². The molecule has 0 spiro atoms. The van der Waals surface area contributed by atoms with Crippen molar-refractivity contribution in [2.24, 2.45) is 16.9 Å². The third kappa shape index (κ3) is 3.40. The monoisotopic (exact) mass is 356 g/mol. The zero-order valence-corrected chi connectivity index (χ0v) is 15.6. The molecule has 1 aliphatic carbocycles. The van der Waals surface area contributed by atoms with E-state index in [1.54, 1.807) is 6.07 Å². The Morgan fingerprint density at radius 1 is 1.08 bits per heavy atom. The lowest BCUT2D eigenvalue weighted by Crippen LogP contribution is -2.45. The van der Waals surface area contributed by atoms with Gasteiger partial charge in [0.1, 0.15) is 0 Å². The number of ether oxygens (including phenoxy) is 1. The minimum atomic E-state index is -0.738. The summed E-state index contributed by atoms with van der Waals surface area (Å²) in [5.74, 6) is -0.783. The second-order valence-electron chi connectivity index (χ2n) is 8.28. The average molecular weight is 356 g/mol. The third-order valence-corrected chi connectivity index (χ3v) is 5.97. The van der Waals surface area contributed by atoms with E-state index in [1.807, 2.05) is 12.1 Å². The van der Waals surface area contributed by atoms with Gasteiger partial charge in [-0.2, -0.15) is 0 Å². The number of nitrogens with two attached hydrogens (primary N) is 2. The van der Waals surface area contributed by atoms with Crippen molar-refractivity contribution in [2.75, 3.05) is 13.2 Å². The molecule has 1 heterocycles. The maximum Gasteiger partial charge on any atom is 0.249 e. The van der Waals surface area contributed by atoms with Crippen LogP contribution in [0.3, 0.4) is 0 Å². The van der Waals surface area contributed by atoms with Gasteiger partial charge in [0.2, 0.25) is 11.8 Å². The lowest BCUT2D eigenvalue weighted by atomic mass is 9.71. The van der Waals surface area contributed by atoms with Crippen LogP contribution >= 0.6 is 0 Å². The molecule has 2 aliphatic rings. The number of hydrogen-bond acceptors (Lipinski definition) is 3. The zero-order valence-electron chi connectivity index (χ0n) is 15.6. The van der Waals surface area contributed by atoms with E-state index >= 15 is 0 Å². The molecule has 0 aromatic heterocycles. The normalized spacial score (nSPS) is 21.7. The van der Waals surface area contributed by atoms with Gasteiger partial charge in [0, 0.05) is 18.8 Å². The maximum atomic E-state index is 12.3. The number of allylic oxidation sites excluding steroid dienone is 2. The van der Waals surface area contributed by atoms with Gasteiger partial charge in [0.25, 0.3) is 0 Å². The second kappa shape index (κ2) is 6.88. The van der Waals surface area contributed by atoms with Gasteiger partial charge < -0.3 is 16.2 Å². The largest absolute Gasteiger partial charge is 0.381 e. The molecule has 1 saturated heterocycles. The molecular weight excluding hydrogens is 328 g/mol. The Bertz CT molecular complexity index is 759. The van der Waals surface area contributed by atoms with Crippen molar-refractivity contribution in [3.8, 4) is 0 Å². The molecule has 5 nitrogen and oxygen atoms in total. The molecule has 1 aromatic carbocycles. The van der Waals surface area contributed by atoms with Crippen LogP contribution in [0.4, 0.5) is 0 Å². The summed E-state index contributed by atoms with van der Waals surface area (Å²) in [5.41, 5.74) is 14.3. The number of carbonyl (C=O) groups excluding carboxylic acids is 2. The number of amides is 2. The van der Waals surface area contributed by atoms with E-state index in [4.69, 9.17) is 16.2 Å². The molecule has 0 unspecified atom stereocenters. The summed E-state index contributed by atoms with van der Waals surface area (Å²) in [5, 5.41) is 0. The van der Waals surface area contributed by atoms with Gasteiger partial charge in [0.15, 0.2) is 0 Å². The quantitative estimate of drug-likeness (QED) is 0.868. The van der Waals surface area contributed by atoms with Gasteiger partial charge in [-0.25, -0.2) is 0 Å². The molecule has 140 valence electrons. The summed E-state index contributed by atoms with van der Waals surface area (Å²) in [4.78, 5) is 24.3. The summed E-state index contributed by atoms with van der Waals surface area (Å²) >= 11 is 0. The van der Waals surface area contributed by atoms with Crippen molar-refractivity contribution < 1.29 is 14.3 Å². The highest BCUT2D eigenvalue weighted by molar-refractivity contribution is 5.99. The summed E-state index contributed by atoms with van der Waals surface area (Å²) in [6.45, 7) is 5.51. The molecule has 0 bridgehead atoms. The van der Waals surface area contributed by atoms with Crippen LogP contribution in [0.2, 0.25) is 0 Å². The van der Waals surface area contributed by atoms with E-state index in [1.165, 1.54) is 0 Å². The van der Waals surface area contributed by atoms with Crippen LogP contribution in [-0.4, -0.2) is 25.0 Å². The average Bonchev–Trinajstić information content (AvgIpc) is 2.61. The number of rotatable bonds is 4. The highest BCUT2D eigenvalue weighted by atomic mass is 16.5. The molecular formula is C21H28N2O3. The minimum absolute atomic E-state index is 0.267. The predicted molar refractivity (Wildman–Crippen MR) is 101 cm³/mol. The van der Waals surface area contributed by atoms with Crippen LogP contribution in [-0.2, 0) is 14.9 Å². The van der Waals surface area contributed by atoms with Crippen molar-refractivity contribution in [1.82, 2.24) is 0 Å². The van der Waals surface area contributed by atoms with E-state index in [2.05, 4.69) is 19.9 Å². The molecule has 4 N–H and O–H groups in total. The van der Waals surface area contributed by atoms with Crippen LogP contribution < -0.4 is 11.5 Å². The lowest BCUT2D eigenvalue weighted by molar-refractivity contribution is -0.127. The Labute approximate surface area is 154 Å². The van der Waals surface area contributed by atoms with E-state index < -0.39 is 11.3 Å². The van der Waals surface area contributed by atoms with Gasteiger partial charge in [-0.1, -0.05) is 26.0 Å². The van der Waals surface area contributed by atoms with Crippen LogP contribution in [0.15, 0.2) is 24.3 Å². The molecule has 0 radical (unpaired) electrons. The Kier molecular flexibility index (Phi) is 4.93. The molecule has 0 saturated carbocycles. The topological polar surface area (TPSA) is 95.4 Å². The summed E-state index contributed by atoms with van der Waals surface area (Å²) in [6, 6.07) is 5.53. The lowest BCUT2D eigenvalue weighted by Gasteiger charge is -2.35. The van der Waals surface area contributed by atoms with Crippen LogP contribution in [0.25, 0.3) is 5.57 Å². The van der Waals surface area contributed by atoms with E-state index in [-0.39, 0.29) is 11.3 Å². The molecule has 1 aromatic rings. The van der Waals surface area contributed by atoms with Crippen molar-refractivity contribution in [2.45, 2.75) is 51.4 Å². The molecule has 1 fully saturated rings. The fourth-order valence-corrected chi connectivity index (χ4v) is 4.04. The molecule has 5 heteroatoms. The van der Waals surface area contributed by atoms with Crippen LogP contribution in [0.5, 0.6) is 0 Å². The van der Waals surface area contributed by atoms with E-state index in [0.717, 1.165) is 36.0 Å². The van der Waals surface area contributed by atoms with E-state index in [0.29, 0.717) is 31.6 Å². The van der Waals surface area contributed by atoms with Gasteiger partial charge in [-0.3, -0.25) is 9.59 Å². The molecule has 0 atom stereocenters. The number of primary amides is 2. The fraction of sp³-hybridized carbons (Fsp3) is 0.524. The number of hydrogen-bond donors (Lipinski definition) is 2. The fourth-order valence-electron chi connectivity index (χ4n) is 4.04. The third-order valence-electron chi connectivity index (χ3n) is 5.97. The standard InChI is InChI=1S/C21H28N2O3/c1-20(2)7-5-14(6-8-20)17-13-15(3-4-16(17)18(22)24)21(19(23)25)9-11-26-12-10-21/h3-5,13H,6-12H2,1-2H3,(H2,22,24)(H2,23,25). The first kappa shape index (κ1) is 18.6. The van der Waals surface area contributed by atoms with Crippen LogP contribution in [0, 0.1) is 5.41 Å². The Morgan fingerprint density at radius 2 is 1.77 bits per heavy atom. The Hall–Kier alpha value is -2.14. The number of benzene rings is 1. The summed E-state index contributed by atoms with van der Waals surface area (Å²) in [6.07, 6.45) is 6.22. The molecule has 26 heavy (non-hydrogen) atoms. The summed E-state index contributed by atoms with van der Waals surface area (Å²) in [7, 11) is 0. The molecule has 3 rings (SSSR count). The highest BCUT2D eigenvalue weighted by Crippen LogP contribution is 2.41. The smallest absolute Gasteiger partial charge is 0.249 e. The highest BCUT2D eigenvalue weighted by Gasteiger charge is 2.40. The second-order valence-corrected chi connectivity index (χ2v) is 8.28. The van der Waals surface area contributed by atoms with Crippen LogP contribution in [0.1, 0.15) is 67.4 Å². The van der Waals surface area contributed by atoms with Crippen molar-refractivity contribution in [1.29, 1.82) is 0 Å². The first-order valence-corrected chi connectivity index (χ1v) is 9.27. The van der Waals surface area contributed by atoms with Crippen molar-refractivity contribution in [3.63, 3.8) is 0 Å². The molecule has 1 aliphatic heterocycles. The van der Waals surface area contributed by atoms with E-state index in [9.17, 15) is 9.59 Å². The first-order valence-electron chi connectivity index (χ1n) is 9.27. The van der Waals surface area contributed by atoms with Crippen molar-refractivity contribution >= 4 is 17.4 Å². The minimum Gasteiger partial charge on any atom is -0.381 e. The predicted octanol–water partition coefficient (Wildman–Crippen LogP) is 2.91. The Balaban J connectivity index is 2.08.